The highest BCUT2D eigenvalue weighted by Gasteiger charge is 2.07. The summed E-state index contributed by atoms with van der Waals surface area (Å²) in [6, 6.07) is 12.0. The molecule has 1 amide bonds. The molecule has 0 bridgehead atoms. The van der Waals surface area contributed by atoms with Crippen LogP contribution in [0, 0.1) is 6.92 Å². The van der Waals surface area contributed by atoms with E-state index >= 15 is 0 Å². The van der Waals surface area contributed by atoms with Crippen molar-refractivity contribution in [1.82, 2.24) is 9.97 Å². The highest BCUT2D eigenvalue weighted by molar-refractivity contribution is 9.10. The molecule has 1 heterocycles. The van der Waals surface area contributed by atoms with E-state index in [-0.39, 0.29) is 5.91 Å². The molecule has 3 aromatic rings. The summed E-state index contributed by atoms with van der Waals surface area (Å²) in [5, 5.41) is 2.96. The average Bonchev–Trinajstić information content (AvgIpc) is 2.98. The number of anilines is 1. The third-order valence-corrected chi connectivity index (χ3v) is 5.05. The first kappa shape index (κ1) is 17.7. The van der Waals surface area contributed by atoms with Gasteiger partial charge < -0.3 is 10.3 Å². The quantitative estimate of drug-likeness (QED) is 0.601. The van der Waals surface area contributed by atoms with Crippen LogP contribution in [-0.2, 0) is 17.6 Å². The van der Waals surface area contributed by atoms with Crippen molar-refractivity contribution < 1.29 is 4.79 Å². The van der Waals surface area contributed by atoms with Gasteiger partial charge in [0.25, 0.3) is 0 Å². The summed E-state index contributed by atoms with van der Waals surface area (Å²) in [7, 11) is 0. The van der Waals surface area contributed by atoms with Crippen molar-refractivity contribution in [3.63, 3.8) is 0 Å². The first-order chi connectivity index (χ1) is 12.0. The van der Waals surface area contributed by atoms with Gasteiger partial charge in [0, 0.05) is 23.0 Å². The third kappa shape index (κ3) is 4.48. The number of fused-ring (bicyclic) bond motifs is 1. The summed E-state index contributed by atoms with van der Waals surface area (Å²) in [4.78, 5) is 20.1. The molecule has 0 aliphatic heterocycles. The van der Waals surface area contributed by atoms with Crippen molar-refractivity contribution in [1.29, 1.82) is 0 Å². The molecule has 5 heteroatoms. The molecule has 130 valence electrons. The predicted molar refractivity (Wildman–Crippen MR) is 106 cm³/mol. The maximum absolute atomic E-state index is 12.2. The Labute approximate surface area is 156 Å². The molecular formula is C20H22BrN3O. The highest BCUT2D eigenvalue weighted by atomic mass is 79.9. The van der Waals surface area contributed by atoms with Crippen molar-refractivity contribution in [2.75, 3.05) is 5.32 Å². The van der Waals surface area contributed by atoms with Crippen LogP contribution < -0.4 is 5.32 Å². The summed E-state index contributed by atoms with van der Waals surface area (Å²) < 4.78 is 1.04. The van der Waals surface area contributed by atoms with Crippen LogP contribution in [0.2, 0.25) is 0 Å². The average molecular weight is 400 g/mol. The van der Waals surface area contributed by atoms with Gasteiger partial charge in [0.1, 0.15) is 5.82 Å². The predicted octanol–water partition coefficient (Wildman–Crippen LogP) is 5.16. The monoisotopic (exact) mass is 399 g/mol. The minimum Gasteiger partial charge on any atom is -0.342 e. The number of rotatable bonds is 6. The molecule has 3 rings (SSSR count). The standard InChI is InChI=1S/C20H22BrN3O/c1-3-4-19-23-17-9-5-14(12-18(17)24-19)6-10-20(25)22-15-7-8-16(21)13(2)11-15/h5,7-9,11-12H,3-4,6,10H2,1-2H3,(H,22,25)(H,23,24). The number of imidazole rings is 1. The molecule has 0 aliphatic carbocycles. The van der Waals surface area contributed by atoms with Crippen LogP contribution in [0.25, 0.3) is 11.0 Å². The normalized spacial score (nSPS) is 11.0. The van der Waals surface area contributed by atoms with E-state index in [4.69, 9.17) is 0 Å². The topological polar surface area (TPSA) is 57.8 Å². The molecule has 2 N–H and O–H groups in total. The summed E-state index contributed by atoms with van der Waals surface area (Å²) >= 11 is 3.47. The van der Waals surface area contributed by atoms with Crippen LogP contribution in [0.3, 0.4) is 0 Å². The summed E-state index contributed by atoms with van der Waals surface area (Å²) in [5.41, 5.74) is 5.11. The van der Waals surface area contributed by atoms with E-state index < -0.39 is 0 Å². The lowest BCUT2D eigenvalue weighted by Gasteiger charge is -2.07. The zero-order valence-corrected chi connectivity index (χ0v) is 16.1. The second-order valence-corrected chi connectivity index (χ2v) is 7.15. The van der Waals surface area contributed by atoms with Crippen LogP contribution in [0.15, 0.2) is 40.9 Å². The van der Waals surface area contributed by atoms with Crippen molar-refractivity contribution >= 4 is 38.6 Å². The number of H-pyrrole nitrogens is 1. The highest BCUT2D eigenvalue weighted by Crippen LogP contribution is 2.20. The Morgan fingerprint density at radius 2 is 2.04 bits per heavy atom. The van der Waals surface area contributed by atoms with Gasteiger partial charge in [0.05, 0.1) is 11.0 Å². The lowest BCUT2D eigenvalue weighted by atomic mass is 10.1. The number of carbonyl (C=O) groups is 1. The van der Waals surface area contributed by atoms with Gasteiger partial charge in [-0.2, -0.15) is 0 Å². The molecule has 0 saturated carbocycles. The van der Waals surface area contributed by atoms with Gasteiger partial charge in [-0.25, -0.2) is 4.98 Å². The van der Waals surface area contributed by atoms with E-state index in [9.17, 15) is 4.79 Å². The number of nitrogens with one attached hydrogen (secondary N) is 2. The smallest absolute Gasteiger partial charge is 0.224 e. The number of halogens is 1. The lowest BCUT2D eigenvalue weighted by molar-refractivity contribution is -0.116. The first-order valence-electron chi connectivity index (χ1n) is 8.58. The Morgan fingerprint density at radius 1 is 1.20 bits per heavy atom. The van der Waals surface area contributed by atoms with Crippen molar-refractivity contribution in [3.8, 4) is 0 Å². The van der Waals surface area contributed by atoms with Gasteiger partial charge >= 0.3 is 0 Å². The van der Waals surface area contributed by atoms with Crippen LogP contribution in [0.5, 0.6) is 0 Å². The van der Waals surface area contributed by atoms with Gasteiger partial charge in [-0.3, -0.25) is 4.79 Å². The first-order valence-corrected chi connectivity index (χ1v) is 9.38. The Kier molecular flexibility index (Phi) is 5.53. The largest absolute Gasteiger partial charge is 0.342 e. The molecule has 0 spiro atoms. The number of hydrogen-bond donors (Lipinski definition) is 2. The van der Waals surface area contributed by atoms with Gasteiger partial charge in [-0.15, -0.1) is 0 Å². The molecule has 1 aromatic heterocycles. The molecule has 0 fully saturated rings. The number of aromatic amines is 1. The minimum atomic E-state index is 0.0260. The molecule has 0 aliphatic rings. The lowest BCUT2D eigenvalue weighted by Crippen LogP contribution is -2.12. The maximum Gasteiger partial charge on any atom is 0.224 e. The Bertz CT molecular complexity index is 901. The van der Waals surface area contributed by atoms with Crippen molar-refractivity contribution in [3.05, 3.63) is 57.8 Å². The summed E-state index contributed by atoms with van der Waals surface area (Å²) in [6.07, 6.45) is 3.19. The number of hydrogen-bond acceptors (Lipinski definition) is 2. The van der Waals surface area contributed by atoms with E-state index in [0.29, 0.717) is 12.8 Å². The fourth-order valence-electron chi connectivity index (χ4n) is 2.82. The van der Waals surface area contributed by atoms with E-state index in [2.05, 4.69) is 50.3 Å². The van der Waals surface area contributed by atoms with E-state index in [0.717, 1.165) is 51.0 Å². The van der Waals surface area contributed by atoms with Gasteiger partial charge in [0.15, 0.2) is 0 Å². The van der Waals surface area contributed by atoms with Crippen LogP contribution >= 0.6 is 15.9 Å². The number of aromatic nitrogens is 2. The molecule has 0 atom stereocenters. The maximum atomic E-state index is 12.2. The SMILES string of the molecule is CCCc1nc2ccc(CCC(=O)Nc3ccc(Br)c(C)c3)cc2[nH]1. The Balaban J connectivity index is 1.61. The number of amides is 1. The molecular weight excluding hydrogens is 378 g/mol. The number of carbonyl (C=O) groups excluding carboxylic acids is 1. The summed E-state index contributed by atoms with van der Waals surface area (Å²) in [6.45, 7) is 4.15. The second-order valence-electron chi connectivity index (χ2n) is 6.30. The van der Waals surface area contributed by atoms with Crippen LogP contribution in [-0.4, -0.2) is 15.9 Å². The van der Waals surface area contributed by atoms with Gasteiger partial charge in [0.2, 0.25) is 5.91 Å². The minimum absolute atomic E-state index is 0.0260. The van der Waals surface area contributed by atoms with Crippen molar-refractivity contribution in [2.24, 2.45) is 0 Å². The zero-order chi connectivity index (χ0) is 17.8. The molecule has 0 saturated heterocycles. The van der Waals surface area contributed by atoms with Gasteiger partial charge in [-0.05, 0) is 61.2 Å². The van der Waals surface area contributed by atoms with Crippen molar-refractivity contribution in [2.45, 2.75) is 39.5 Å². The van der Waals surface area contributed by atoms with E-state index in [1.165, 1.54) is 0 Å². The van der Waals surface area contributed by atoms with Crippen LogP contribution in [0.1, 0.15) is 36.7 Å². The van der Waals surface area contributed by atoms with Crippen LogP contribution in [0.4, 0.5) is 5.69 Å². The fourth-order valence-corrected chi connectivity index (χ4v) is 3.07. The second kappa shape index (κ2) is 7.83. The third-order valence-electron chi connectivity index (χ3n) is 4.16. The fraction of sp³-hybridized carbons (Fsp3) is 0.300. The molecule has 2 aromatic carbocycles. The van der Waals surface area contributed by atoms with E-state index in [1.807, 2.05) is 31.2 Å². The number of benzene rings is 2. The van der Waals surface area contributed by atoms with E-state index in [1.54, 1.807) is 0 Å². The zero-order valence-electron chi connectivity index (χ0n) is 14.5. The molecule has 4 nitrogen and oxygen atoms in total. The van der Waals surface area contributed by atoms with Gasteiger partial charge in [-0.1, -0.05) is 28.9 Å². The summed E-state index contributed by atoms with van der Waals surface area (Å²) in [5.74, 6) is 1.05. The Hall–Kier alpha value is -2.14. The number of aryl methyl sites for hydroxylation is 3. The molecule has 25 heavy (non-hydrogen) atoms. The molecule has 0 radical (unpaired) electrons. The molecule has 0 unspecified atom stereocenters. The Morgan fingerprint density at radius 3 is 2.80 bits per heavy atom. The number of nitrogens with zero attached hydrogens (tertiary/aromatic N) is 1.